The lowest BCUT2D eigenvalue weighted by molar-refractivity contribution is 0.0255. The van der Waals surface area contributed by atoms with Gasteiger partial charge in [-0.15, -0.1) is 0 Å². The molecule has 0 radical (unpaired) electrons. The van der Waals surface area contributed by atoms with Crippen molar-refractivity contribution in [3.05, 3.63) is 47.8 Å². The average molecular weight is 495 g/mol. The van der Waals surface area contributed by atoms with Crippen molar-refractivity contribution in [1.82, 2.24) is 9.97 Å². The Morgan fingerprint density at radius 1 is 0.722 bits per heavy atom. The van der Waals surface area contributed by atoms with Crippen LogP contribution in [0, 0.1) is 0 Å². The van der Waals surface area contributed by atoms with Crippen LogP contribution in [0.5, 0.6) is 0 Å². The third kappa shape index (κ3) is 11.7. The molecular weight excluding hydrogens is 444 g/mol. The van der Waals surface area contributed by atoms with Gasteiger partial charge in [-0.05, 0) is 43.7 Å². The quantitative estimate of drug-likeness (QED) is 0.136. The largest absolute Gasteiger partial charge is 0.459 e. The Labute approximate surface area is 220 Å². The minimum absolute atomic E-state index is 0.0218. The summed E-state index contributed by atoms with van der Waals surface area (Å²) in [7, 11) is 0. The Balaban J connectivity index is 1.84. The highest BCUT2D eigenvalue weighted by molar-refractivity contribution is 5.96. The first-order valence-electron chi connectivity index (χ1n) is 14.8. The molecule has 1 unspecified atom stereocenters. The van der Waals surface area contributed by atoms with Gasteiger partial charge >= 0.3 is 5.97 Å². The summed E-state index contributed by atoms with van der Waals surface area (Å²) in [5.74, 6) is 0.325. The summed E-state index contributed by atoms with van der Waals surface area (Å²) < 4.78 is 5.93. The molecule has 0 fully saturated rings. The molecule has 2 rings (SSSR count). The van der Waals surface area contributed by atoms with E-state index in [0.717, 1.165) is 43.2 Å². The maximum absolute atomic E-state index is 13.1. The first-order chi connectivity index (χ1) is 17.7. The number of carbonyl (C=O) groups is 1. The summed E-state index contributed by atoms with van der Waals surface area (Å²) in [4.78, 5) is 22.3. The molecule has 0 aliphatic rings. The van der Waals surface area contributed by atoms with Crippen LogP contribution in [0.25, 0.3) is 11.4 Å². The SMILES string of the molecule is CCCCCCCCCCCCc1cnc(-c2ccccc2C(=O)OC(CCC)CCCCC)nc1. The zero-order chi connectivity index (χ0) is 25.8. The lowest BCUT2D eigenvalue weighted by Crippen LogP contribution is -2.19. The van der Waals surface area contributed by atoms with E-state index in [-0.39, 0.29) is 12.1 Å². The normalized spacial score (nSPS) is 12.0. The molecule has 4 heteroatoms. The van der Waals surface area contributed by atoms with E-state index in [1.807, 2.05) is 36.7 Å². The van der Waals surface area contributed by atoms with Crippen LogP contribution in [0.1, 0.15) is 139 Å². The molecule has 0 N–H and O–H groups in total. The summed E-state index contributed by atoms with van der Waals surface area (Å²) in [5, 5.41) is 0. The molecule has 0 saturated heterocycles. The molecule has 1 atom stereocenters. The van der Waals surface area contributed by atoms with Gasteiger partial charge in [-0.2, -0.15) is 0 Å². The molecule has 200 valence electrons. The summed E-state index contributed by atoms with van der Waals surface area (Å²) >= 11 is 0. The number of carbonyl (C=O) groups excluding carboxylic acids is 1. The predicted molar refractivity (Wildman–Crippen MR) is 151 cm³/mol. The van der Waals surface area contributed by atoms with Gasteiger partial charge in [0.25, 0.3) is 0 Å². The number of benzene rings is 1. The molecule has 1 aromatic carbocycles. The van der Waals surface area contributed by atoms with Crippen LogP contribution in [-0.2, 0) is 11.2 Å². The van der Waals surface area contributed by atoms with E-state index in [0.29, 0.717) is 11.4 Å². The molecule has 0 aliphatic heterocycles. The van der Waals surface area contributed by atoms with Gasteiger partial charge in [-0.25, -0.2) is 14.8 Å². The molecule has 4 nitrogen and oxygen atoms in total. The van der Waals surface area contributed by atoms with Crippen molar-refractivity contribution in [3.63, 3.8) is 0 Å². The maximum Gasteiger partial charge on any atom is 0.339 e. The van der Waals surface area contributed by atoms with E-state index >= 15 is 0 Å². The Morgan fingerprint density at radius 2 is 1.31 bits per heavy atom. The van der Waals surface area contributed by atoms with Crippen molar-refractivity contribution in [2.24, 2.45) is 0 Å². The Morgan fingerprint density at radius 3 is 1.94 bits per heavy atom. The zero-order valence-electron chi connectivity index (χ0n) is 23.3. The number of unbranched alkanes of at least 4 members (excludes halogenated alkanes) is 11. The lowest BCUT2D eigenvalue weighted by atomic mass is 10.0. The number of esters is 1. The maximum atomic E-state index is 13.1. The molecule has 0 aliphatic carbocycles. The minimum atomic E-state index is -0.265. The fraction of sp³-hybridized carbons (Fsp3) is 0.656. The summed E-state index contributed by atoms with van der Waals surface area (Å²) in [5.41, 5.74) is 2.46. The first-order valence-corrected chi connectivity index (χ1v) is 14.8. The second-order valence-electron chi connectivity index (χ2n) is 10.2. The smallest absolute Gasteiger partial charge is 0.339 e. The Kier molecular flexibility index (Phi) is 15.8. The van der Waals surface area contributed by atoms with E-state index in [1.54, 1.807) is 0 Å². The van der Waals surface area contributed by atoms with Gasteiger partial charge in [-0.1, -0.05) is 116 Å². The van der Waals surface area contributed by atoms with Gasteiger partial charge in [0.05, 0.1) is 5.56 Å². The highest BCUT2D eigenvalue weighted by Crippen LogP contribution is 2.23. The third-order valence-corrected chi connectivity index (χ3v) is 6.93. The second kappa shape index (κ2) is 19.0. The van der Waals surface area contributed by atoms with E-state index in [1.165, 1.54) is 77.0 Å². The zero-order valence-corrected chi connectivity index (χ0v) is 23.3. The van der Waals surface area contributed by atoms with Crippen molar-refractivity contribution in [2.45, 2.75) is 136 Å². The molecule has 0 amide bonds. The topological polar surface area (TPSA) is 52.1 Å². The first kappa shape index (κ1) is 30.0. The summed E-state index contributed by atoms with van der Waals surface area (Å²) in [6, 6.07) is 7.55. The molecule has 0 saturated carbocycles. The van der Waals surface area contributed by atoms with Gasteiger partial charge in [0.1, 0.15) is 6.10 Å². The third-order valence-electron chi connectivity index (χ3n) is 6.93. The van der Waals surface area contributed by atoms with E-state index < -0.39 is 0 Å². The molecule has 0 spiro atoms. The van der Waals surface area contributed by atoms with Crippen LogP contribution in [0.2, 0.25) is 0 Å². The number of nitrogens with zero attached hydrogens (tertiary/aromatic N) is 2. The molecule has 1 aromatic heterocycles. The Bertz CT molecular complexity index is 834. The van der Waals surface area contributed by atoms with Crippen molar-refractivity contribution >= 4 is 5.97 Å². The number of hydrogen-bond donors (Lipinski definition) is 0. The van der Waals surface area contributed by atoms with Crippen LogP contribution in [-0.4, -0.2) is 22.0 Å². The lowest BCUT2D eigenvalue weighted by Gasteiger charge is -2.18. The van der Waals surface area contributed by atoms with Crippen LogP contribution >= 0.6 is 0 Å². The van der Waals surface area contributed by atoms with Crippen LogP contribution in [0.4, 0.5) is 0 Å². The van der Waals surface area contributed by atoms with Gasteiger partial charge in [-0.3, -0.25) is 0 Å². The van der Waals surface area contributed by atoms with E-state index in [2.05, 4.69) is 30.7 Å². The van der Waals surface area contributed by atoms with Crippen molar-refractivity contribution in [3.8, 4) is 11.4 Å². The van der Waals surface area contributed by atoms with E-state index in [9.17, 15) is 4.79 Å². The number of hydrogen-bond acceptors (Lipinski definition) is 4. The fourth-order valence-corrected chi connectivity index (χ4v) is 4.72. The van der Waals surface area contributed by atoms with E-state index in [4.69, 9.17) is 4.74 Å². The van der Waals surface area contributed by atoms with Crippen LogP contribution < -0.4 is 0 Å². The highest BCUT2D eigenvalue weighted by atomic mass is 16.5. The van der Waals surface area contributed by atoms with Crippen LogP contribution in [0.3, 0.4) is 0 Å². The monoisotopic (exact) mass is 494 g/mol. The molecule has 2 aromatic rings. The second-order valence-corrected chi connectivity index (χ2v) is 10.2. The Hall–Kier alpha value is -2.23. The number of aryl methyl sites for hydroxylation is 1. The minimum Gasteiger partial charge on any atom is -0.459 e. The molecule has 1 heterocycles. The average Bonchev–Trinajstić information content (AvgIpc) is 2.90. The van der Waals surface area contributed by atoms with Gasteiger partial charge < -0.3 is 4.74 Å². The number of ether oxygens (including phenoxy) is 1. The van der Waals surface area contributed by atoms with Crippen molar-refractivity contribution in [2.75, 3.05) is 0 Å². The fourth-order valence-electron chi connectivity index (χ4n) is 4.72. The molecule has 36 heavy (non-hydrogen) atoms. The van der Waals surface area contributed by atoms with Crippen molar-refractivity contribution < 1.29 is 9.53 Å². The summed E-state index contributed by atoms with van der Waals surface area (Å²) in [6.45, 7) is 6.60. The van der Waals surface area contributed by atoms with Crippen LogP contribution in [0.15, 0.2) is 36.7 Å². The predicted octanol–water partition coefficient (Wildman–Crippen LogP) is 9.51. The molecule has 0 bridgehead atoms. The number of rotatable bonds is 20. The van der Waals surface area contributed by atoms with Gasteiger partial charge in [0.2, 0.25) is 0 Å². The standard InChI is InChI=1S/C32H50N2O2/c1-4-7-9-10-11-12-13-14-15-17-21-27-25-33-31(34-26-27)29-23-18-19-24-30(29)32(35)36-28(20-6-3)22-16-8-5-2/h18-19,23-26,28H,4-17,20-22H2,1-3H3. The van der Waals surface area contributed by atoms with Gasteiger partial charge in [0, 0.05) is 18.0 Å². The van der Waals surface area contributed by atoms with Crippen molar-refractivity contribution in [1.29, 1.82) is 0 Å². The van der Waals surface area contributed by atoms with Gasteiger partial charge in [0.15, 0.2) is 5.82 Å². The summed E-state index contributed by atoms with van der Waals surface area (Å²) in [6.07, 6.45) is 24.5. The highest BCUT2D eigenvalue weighted by Gasteiger charge is 2.19. The number of aromatic nitrogens is 2. The molecular formula is C32H50N2O2.